The number of thiophene rings is 1. The zero-order valence-electron chi connectivity index (χ0n) is 36.0. The quantitative estimate of drug-likeness (QED) is 0.124. The molecule has 2 fully saturated rings. The summed E-state index contributed by atoms with van der Waals surface area (Å²) in [7, 11) is 3.26. The van der Waals surface area contributed by atoms with E-state index in [0.29, 0.717) is 59.7 Å². The van der Waals surface area contributed by atoms with Crippen molar-refractivity contribution >= 4 is 81.3 Å². The highest BCUT2D eigenvalue weighted by Crippen LogP contribution is 2.34. The number of benzene rings is 4. The van der Waals surface area contributed by atoms with E-state index in [1.165, 1.54) is 10.0 Å². The van der Waals surface area contributed by atoms with Crippen molar-refractivity contribution in [3.05, 3.63) is 152 Å². The van der Waals surface area contributed by atoms with E-state index < -0.39 is 18.1 Å². The van der Waals surface area contributed by atoms with Crippen molar-refractivity contribution in [1.82, 2.24) is 20.5 Å². The van der Waals surface area contributed by atoms with Gasteiger partial charge in [0, 0.05) is 76.8 Å². The molecule has 12 nitrogen and oxygen atoms in total. The molecule has 0 bridgehead atoms. The number of nitrogens with one attached hydrogen (secondary N) is 2. The first kappa shape index (κ1) is 45.7. The second kappa shape index (κ2) is 20.6. The molecule has 65 heavy (non-hydrogen) atoms. The lowest BCUT2D eigenvalue weighted by Gasteiger charge is -2.41. The van der Waals surface area contributed by atoms with Gasteiger partial charge in [0.2, 0.25) is 5.91 Å². The molecule has 2 aromatic heterocycles. The maximum Gasteiger partial charge on any atom is 0.341 e. The number of aromatic nitrogens is 1. The topological polar surface area (TPSA) is 120 Å². The van der Waals surface area contributed by atoms with E-state index in [2.05, 4.69) is 15.5 Å². The molecule has 2 aliphatic rings. The second-order valence-electron chi connectivity index (χ2n) is 16.0. The summed E-state index contributed by atoms with van der Waals surface area (Å²) in [6, 6.07) is 34.7. The highest BCUT2D eigenvalue weighted by Gasteiger charge is 2.38. The summed E-state index contributed by atoms with van der Waals surface area (Å²) in [5, 5.41) is 9.92. The molecule has 0 aliphatic carbocycles. The Morgan fingerprint density at radius 2 is 1.34 bits per heavy atom. The predicted molar refractivity (Wildman–Crippen MR) is 260 cm³/mol. The van der Waals surface area contributed by atoms with Gasteiger partial charge >= 0.3 is 12.1 Å². The highest BCUT2D eigenvalue weighted by atomic mass is 35.5. The molecule has 2 N–H and O–H groups in total. The molecule has 0 spiro atoms. The zero-order valence-corrected chi connectivity index (χ0v) is 39.1. The largest absolute Gasteiger partial charge is 0.497 e. The number of amides is 5. The van der Waals surface area contributed by atoms with Crippen LogP contribution in [0.1, 0.15) is 41.3 Å². The maximum atomic E-state index is 15.1. The molecular formula is C49H48Cl3N7O5S. The number of carbonyl (C=O) groups excluding carboxylic acids is 3. The molecule has 8 rings (SSSR count). The van der Waals surface area contributed by atoms with E-state index >= 15 is 4.79 Å². The predicted octanol–water partition coefficient (Wildman–Crippen LogP) is 11.0. The Kier molecular flexibility index (Phi) is 14.5. The monoisotopic (exact) mass is 951 g/mol. The molecule has 2 aliphatic heterocycles. The fourth-order valence-electron chi connectivity index (χ4n) is 8.42. The molecule has 6 aromatic rings. The van der Waals surface area contributed by atoms with E-state index in [4.69, 9.17) is 49.3 Å². The smallest absolute Gasteiger partial charge is 0.341 e. The molecule has 2 unspecified atom stereocenters. The first-order valence-corrected chi connectivity index (χ1v) is 23.2. The van der Waals surface area contributed by atoms with Crippen molar-refractivity contribution in [2.45, 2.75) is 50.7 Å². The van der Waals surface area contributed by atoms with Crippen LogP contribution in [-0.2, 0) is 11.3 Å². The van der Waals surface area contributed by atoms with Crippen LogP contribution in [0.4, 0.5) is 26.8 Å². The van der Waals surface area contributed by atoms with E-state index in [1.54, 1.807) is 79.0 Å². The van der Waals surface area contributed by atoms with Crippen molar-refractivity contribution in [3.63, 3.8) is 0 Å². The van der Waals surface area contributed by atoms with Crippen LogP contribution in [0.3, 0.4) is 0 Å². The number of likely N-dealkylation sites (tertiary alicyclic amines) is 1. The van der Waals surface area contributed by atoms with Crippen molar-refractivity contribution in [3.8, 4) is 22.6 Å². The Hall–Kier alpha value is -5.83. The van der Waals surface area contributed by atoms with Crippen LogP contribution in [-0.4, -0.2) is 73.8 Å². The molecular weight excluding hydrogens is 905 g/mol. The Morgan fingerprint density at radius 1 is 0.738 bits per heavy atom. The number of nitrogens with zero attached hydrogens (tertiary/aromatic N) is 5. The van der Waals surface area contributed by atoms with Crippen LogP contribution in [0.25, 0.3) is 11.1 Å². The summed E-state index contributed by atoms with van der Waals surface area (Å²) in [5.41, 5.74) is 4.50. The van der Waals surface area contributed by atoms with E-state index in [0.717, 1.165) is 49.6 Å². The van der Waals surface area contributed by atoms with Gasteiger partial charge in [-0.2, -0.15) is 10.0 Å². The summed E-state index contributed by atoms with van der Waals surface area (Å²) in [4.78, 5) is 53.7. The lowest BCUT2D eigenvalue weighted by atomic mass is 9.86. The summed E-state index contributed by atoms with van der Waals surface area (Å²) >= 11 is 20.6. The van der Waals surface area contributed by atoms with Gasteiger partial charge in [0.25, 0.3) is 0 Å². The number of hydrazine groups is 1. The van der Waals surface area contributed by atoms with Gasteiger partial charge in [-0.05, 0) is 128 Å². The van der Waals surface area contributed by atoms with Gasteiger partial charge in [-0.25, -0.2) is 14.6 Å². The van der Waals surface area contributed by atoms with Gasteiger partial charge in [0.15, 0.2) is 0 Å². The average molecular weight is 953 g/mol. The Labute approximate surface area is 397 Å². The highest BCUT2D eigenvalue weighted by molar-refractivity contribution is 7.16. The third-order valence-electron chi connectivity index (χ3n) is 11.8. The van der Waals surface area contributed by atoms with E-state index in [1.807, 2.05) is 79.7 Å². The molecule has 2 saturated heterocycles. The van der Waals surface area contributed by atoms with Crippen molar-refractivity contribution < 1.29 is 23.9 Å². The summed E-state index contributed by atoms with van der Waals surface area (Å²) in [6.45, 7) is 4.33. The first-order valence-electron chi connectivity index (χ1n) is 21.2. The van der Waals surface area contributed by atoms with Gasteiger partial charge in [-0.1, -0.05) is 59.1 Å². The lowest BCUT2D eigenvalue weighted by molar-refractivity contribution is -0.120. The molecule has 4 aromatic carbocycles. The molecule has 16 heteroatoms. The van der Waals surface area contributed by atoms with Crippen LogP contribution in [0.15, 0.2) is 121 Å². The van der Waals surface area contributed by atoms with Gasteiger partial charge in [0.05, 0.1) is 29.9 Å². The Bertz CT molecular complexity index is 2620. The van der Waals surface area contributed by atoms with E-state index in [-0.39, 0.29) is 24.3 Å². The molecule has 0 saturated carbocycles. The number of hydrogen-bond donors (Lipinski definition) is 2. The molecule has 4 heterocycles. The van der Waals surface area contributed by atoms with Gasteiger partial charge in [-0.3, -0.25) is 14.6 Å². The van der Waals surface area contributed by atoms with Crippen LogP contribution in [0, 0.1) is 6.92 Å². The van der Waals surface area contributed by atoms with Crippen molar-refractivity contribution in [2.24, 2.45) is 0 Å². The Balaban J connectivity index is 1.04. The number of urea groups is 2. The van der Waals surface area contributed by atoms with Crippen LogP contribution in [0.5, 0.6) is 11.5 Å². The van der Waals surface area contributed by atoms with Crippen LogP contribution >= 0.6 is 46.1 Å². The number of rotatable bonds is 11. The SMILES string of the molecule is COc1ccc(-c2ccc(N3CC[C@@H](NC(=O)N(c4ccc(Cl)cc4)N(C(=O)NC4CCN(Cc5ccc(Cl)s5)CC4c4ccc(OC)cc4)c4ccc(Cl)cc4)CC3=O)nc2C)cc1. The number of methoxy groups -OCH3 is 2. The molecule has 3 atom stereocenters. The number of anilines is 3. The molecule has 0 radical (unpaired) electrons. The fraction of sp³-hybridized carbons (Fsp3) is 0.265. The van der Waals surface area contributed by atoms with E-state index in [9.17, 15) is 9.59 Å². The van der Waals surface area contributed by atoms with Gasteiger partial charge < -0.3 is 20.1 Å². The number of hydrogen-bond acceptors (Lipinski definition) is 8. The van der Waals surface area contributed by atoms with Crippen molar-refractivity contribution in [1.29, 1.82) is 0 Å². The average Bonchev–Trinajstić information content (AvgIpc) is 3.73. The maximum absolute atomic E-state index is 15.1. The first-order chi connectivity index (χ1) is 31.5. The number of carbonyl (C=O) groups is 3. The zero-order chi connectivity index (χ0) is 45.6. The molecule has 5 amide bonds. The van der Waals surface area contributed by atoms with Gasteiger partial charge in [-0.15, -0.1) is 11.3 Å². The number of aryl methyl sites for hydroxylation is 1. The number of ether oxygens (including phenoxy) is 2. The molecule has 336 valence electrons. The fourth-order valence-corrected chi connectivity index (χ4v) is 9.80. The Morgan fingerprint density at radius 3 is 1.89 bits per heavy atom. The lowest BCUT2D eigenvalue weighted by Crippen LogP contribution is -2.61. The third-order valence-corrected chi connectivity index (χ3v) is 13.5. The minimum atomic E-state index is -0.613. The minimum absolute atomic E-state index is 0.0219. The third kappa shape index (κ3) is 10.8. The normalized spacial score (nSPS) is 17.6. The standard InChI is InChI=1S/C49H48Cl3N7O5S/c1-31-42(32-4-16-39(63-2)17-5-32)21-23-46(53-31)57-27-24-36(28-47(57)60)54-48(61)58(37-12-8-34(50)9-13-37)59(38-14-10-35(51)11-15-38)49(62)55-44-25-26-56(29-41-20-22-45(52)65-41)30-43(44)33-6-18-40(64-3)19-7-33/h4-23,36,43-44H,24-30H2,1-3H3,(H,54,61)(H,55,62)/t36-,43?,44?/m1/s1. The van der Waals surface area contributed by atoms with Crippen molar-refractivity contribution in [2.75, 3.05) is 48.8 Å². The van der Waals surface area contributed by atoms with Crippen LogP contribution in [0.2, 0.25) is 14.4 Å². The number of halogens is 3. The van der Waals surface area contributed by atoms with Crippen LogP contribution < -0.4 is 35.0 Å². The number of pyridine rings is 1. The number of piperidine rings is 2. The van der Waals surface area contributed by atoms with Gasteiger partial charge in [0.1, 0.15) is 17.3 Å². The summed E-state index contributed by atoms with van der Waals surface area (Å²) in [6.07, 6.45) is 1.09. The summed E-state index contributed by atoms with van der Waals surface area (Å²) < 4.78 is 11.5. The second-order valence-corrected chi connectivity index (χ2v) is 18.6. The summed E-state index contributed by atoms with van der Waals surface area (Å²) in [5.74, 6) is 1.72. The minimum Gasteiger partial charge on any atom is -0.497 e.